The maximum absolute atomic E-state index is 12.7. The molecule has 0 aromatic carbocycles. The number of hydrogen-bond acceptors (Lipinski definition) is 8. The number of carbonyl (C=O) groups is 2. The topological polar surface area (TPSA) is 134 Å². The average molecular weight is 1140 g/mol. The standard InChI is InChI=1S/C71H110NO8P/c1-3-5-7-9-11-13-15-17-19-21-23-25-27-29-31-33-34-36-38-40-42-44-46-48-50-52-54-56-58-60-62-64-71(74)80-69(68-79-81(75,76)78-66-65-72)67-77-70(73)63-61-59-57-55-53-51-49-47-45-43-41-39-37-35-32-30-28-26-24-22-20-18-16-14-12-10-8-6-4-2/h5-8,11-14,17-20,23-26,29-32,34,36-37,39-40,42-43,45-46,48,52,54,69H,3-4,9-10,15-16,21-22,27-28,33,35,38,41,44,47,49-51,53,55-68,72H2,1-2H3,(H,75,76)/b7-5-,8-6-,13-11-,14-12-,19-17-,20-18-,25-23-,26-24-,31-29-,32-30-,36-34-,39-37-,42-40-,45-43-,48-46-,54-52-. The molecular formula is C71H110NO8P. The van der Waals surface area contributed by atoms with Gasteiger partial charge in [0.15, 0.2) is 6.10 Å². The molecule has 2 atom stereocenters. The Bertz CT molecular complexity index is 2020. The van der Waals surface area contributed by atoms with Gasteiger partial charge < -0.3 is 20.1 Å². The quantitative estimate of drug-likeness (QED) is 0.0264. The van der Waals surface area contributed by atoms with Crippen LogP contribution in [-0.4, -0.2) is 49.3 Å². The van der Waals surface area contributed by atoms with Crippen molar-refractivity contribution in [2.45, 2.75) is 213 Å². The molecule has 3 N–H and O–H groups in total. The molecule has 0 aliphatic carbocycles. The number of ether oxygens (including phenoxy) is 2. The molecule has 0 aliphatic heterocycles. The van der Waals surface area contributed by atoms with Crippen LogP contribution in [0.1, 0.15) is 206 Å². The number of carbonyl (C=O) groups excluding carboxylic acids is 2. The van der Waals surface area contributed by atoms with Gasteiger partial charge in [0, 0.05) is 19.4 Å². The third kappa shape index (κ3) is 63.9. The fraction of sp³-hybridized carbons (Fsp3) is 0.521. The van der Waals surface area contributed by atoms with Crippen LogP contribution in [0.2, 0.25) is 0 Å². The zero-order chi connectivity index (χ0) is 58.7. The Balaban J connectivity index is 4.14. The molecule has 0 saturated carbocycles. The number of rotatable bonds is 55. The molecule has 0 bridgehead atoms. The van der Waals surface area contributed by atoms with E-state index in [-0.39, 0.29) is 32.6 Å². The van der Waals surface area contributed by atoms with Crippen LogP contribution in [0.5, 0.6) is 0 Å². The molecule has 9 nitrogen and oxygen atoms in total. The van der Waals surface area contributed by atoms with E-state index in [0.29, 0.717) is 12.8 Å². The van der Waals surface area contributed by atoms with Gasteiger partial charge in [0.2, 0.25) is 0 Å². The molecule has 10 heteroatoms. The summed E-state index contributed by atoms with van der Waals surface area (Å²) in [5.41, 5.74) is 5.38. The summed E-state index contributed by atoms with van der Waals surface area (Å²) >= 11 is 0. The third-order valence-electron chi connectivity index (χ3n) is 12.0. The number of allylic oxidation sites excluding steroid dienone is 32. The smallest absolute Gasteiger partial charge is 0.462 e. The average Bonchev–Trinajstić information content (AvgIpc) is 3.46. The number of nitrogens with two attached hydrogens (primary N) is 1. The first-order chi connectivity index (χ1) is 39.8. The molecule has 0 saturated heterocycles. The number of unbranched alkanes of at least 4 members (excludes halogenated alkanes) is 10. The Morgan fingerprint density at radius 1 is 0.370 bits per heavy atom. The highest BCUT2D eigenvalue weighted by Crippen LogP contribution is 2.43. The fourth-order valence-corrected chi connectivity index (χ4v) is 8.25. The predicted octanol–water partition coefficient (Wildman–Crippen LogP) is 20.2. The summed E-state index contributed by atoms with van der Waals surface area (Å²) < 4.78 is 33.0. The number of phosphoric acid groups is 1. The second-order valence-corrected chi connectivity index (χ2v) is 20.9. The van der Waals surface area contributed by atoms with Crippen LogP contribution in [0.15, 0.2) is 194 Å². The van der Waals surface area contributed by atoms with Crippen molar-refractivity contribution in [2.75, 3.05) is 26.4 Å². The van der Waals surface area contributed by atoms with Gasteiger partial charge in [0.1, 0.15) is 6.61 Å². The van der Waals surface area contributed by atoms with Crippen LogP contribution in [-0.2, 0) is 32.7 Å². The van der Waals surface area contributed by atoms with E-state index >= 15 is 0 Å². The van der Waals surface area contributed by atoms with Crippen molar-refractivity contribution >= 4 is 19.8 Å². The van der Waals surface area contributed by atoms with Crippen LogP contribution >= 0.6 is 7.82 Å². The highest BCUT2D eigenvalue weighted by Gasteiger charge is 2.26. The molecule has 0 amide bonds. The van der Waals surface area contributed by atoms with Crippen molar-refractivity contribution < 1.29 is 37.6 Å². The van der Waals surface area contributed by atoms with Gasteiger partial charge in [-0.3, -0.25) is 18.6 Å². The summed E-state index contributed by atoms with van der Waals surface area (Å²) in [4.78, 5) is 35.3. The second-order valence-electron chi connectivity index (χ2n) is 19.5. The summed E-state index contributed by atoms with van der Waals surface area (Å²) in [6, 6.07) is 0. The van der Waals surface area contributed by atoms with Gasteiger partial charge in [0.05, 0.1) is 13.2 Å². The maximum Gasteiger partial charge on any atom is 0.472 e. The second kappa shape index (κ2) is 64.0. The van der Waals surface area contributed by atoms with Gasteiger partial charge in [0.25, 0.3) is 0 Å². The van der Waals surface area contributed by atoms with Gasteiger partial charge in [-0.1, -0.05) is 247 Å². The predicted molar refractivity (Wildman–Crippen MR) is 348 cm³/mol. The SMILES string of the molecule is CC/C=C\C/C=C\C/C=C\C/C=C\C/C=C\C/C=C\C/C=C\C/C=C\C/C=C\CCCCCC(=O)OC(COC(=O)CCCCCCCCC/C=C\C/C=C\C/C=C\C/C=C\C/C=C\C/C=C\C/C=C\CC)COP(=O)(O)OCCN. The lowest BCUT2D eigenvalue weighted by molar-refractivity contribution is -0.161. The molecule has 0 aromatic heterocycles. The number of esters is 2. The minimum Gasteiger partial charge on any atom is -0.462 e. The highest BCUT2D eigenvalue weighted by atomic mass is 31.2. The Hall–Kier alpha value is -5.15. The molecule has 0 aliphatic rings. The summed E-state index contributed by atoms with van der Waals surface area (Å²) in [7, 11) is -4.42. The summed E-state index contributed by atoms with van der Waals surface area (Å²) in [6.07, 6.45) is 97.7. The molecule has 0 aromatic rings. The van der Waals surface area contributed by atoms with Gasteiger partial charge in [-0.05, 0) is 141 Å². The van der Waals surface area contributed by atoms with E-state index in [1.807, 2.05) is 0 Å². The van der Waals surface area contributed by atoms with Gasteiger partial charge in [-0.15, -0.1) is 0 Å². The molecule has 81 heavy (non-hydrogen) atoms. The lowest BCUT2D eigenvalue weighted by Crippen LogP contribution is -2.29. The van der Waals surface area contributed by atoms with Gasteiger partial charge in [-0.25, -0.2) is 4.57 Å². The molecule has 0 spiro atoms. The van der Waals surface area contributed by atoms with E-state index < -0.39 is 32.5 Å². The van der Waals surface area contributed by atoms with Gasteiger partial charge >= 0.3 is 19.8 Å². The summed E-state index contributed by atoms with van der Waals surface area (Å²) in [5, 5.41) is 0. The normalized spacial score (nSPS) is 14.4. The van der Waals surface area contributed by atoms with Crippen molar-refractivity contribution in [2.24, 2.45) is 5.73 Å². The largest absolute Gasteiger partial charge is 0.472 e. The Morgan fingerprint density at radius 2 is 0.642 bits per heavy atom. The monoisotopic (exact) mass is 1140 g/mol. The Morgan fingerprint density at radius 3 is 0.963 bits per heavy atom. The lowest BCUT2D eigenvalue weighted by atomic mass is 10.1. The van der Waals surface area contributed by atoms with E-state index in [4.69, 9.17) is 24.3 Å². The van der Waals surface area contributed by atoms with Crippen molar-refractivity contribution in [3.8, 4) is 0 Å². The van der Waals surface area contributed by atoms with E-state index in [1.54, 1.807) is 0 Å². The first-order valence-electron chi connectivity index (χ1n) is 30.9. The molecule has 0 fully saturated rings. The molecule has 0 rings (SSSR count). The first-order valence-corrected chi connectivity index (χ1v) is 32.4. The summed E-state index contributed by atoms with van der Waals surface area (Å²) in [5.74, 6) is -0.897. The van der Waals surface area contributed by atoms with Crippen LogP contribution in [0.3, 0.4) is 0 Å². The van der Waals surface area contributed by atoms with E-state index in [1.165, 1.54) is 19.3 Å². The van der Waals surface area contributed by atoms with Crippen LogP contribution in [0, 0.1) is 0 Å². The van der Waals surface area contributed by atoms with E-state index in [9.17, 15) is 19.0 Å². The minimum absolute atomic E-state index is 0.0341. The van der Waals surface area contributed by atoms with Crippen molar-refractivity contribution in [1.82, 2.24) is 0 Å². The number of phosphoric ester groups is 1. The maximum atomic E-state index is 12.7. The van der Waals surface area contributed by atoms with Crippen LogP contribution < -0.4 is 5.73 Å². The Kier molecular flexibility index (Phi) is 60.0. The molecule has 2 unspecified atom stereocenters. The summed E-state index contributed by atoms with van der Waals surface area (Å²) in [6.45, 7) is 3.43. The van der Waals surface area contributed by atoms with E-state index in [2.05, 4.69) is 208 Å². The van der Waals surface area contributed by atoms with E-state index in [0.717, 1.165) is 148 Å². The van der Waals surface area contributed by atoms with Crippen molar-refractivity contribution in [1.29, 1.82) is 0 Å². The van der Waals surface area contributed by atoms with Crippen LogP contribution in [0.25, 0.3) is 0 Å². The molecule has 0 heterocycles. The van der Waals surface area contributed by atoms with Crippen molar-refractivity contribution in [3.05, 3.63) is 194 Å². The van der Waals surface area contributed by atoms with Crippen LogP contribution in [0.4, 0.5) is 0 Å². The molecular weight excluding hydrogens is 1030 g/mol. The number of hydrogen-bond donors (Lipinski definition) is 2. The fourth-order valence-electron chi connectivity index (χ4n) is 7.49. The first kappa shape index (κ1) is 75.8. The zero-order valence-electron chi connectivity index (χ0n) is 50.4. The third-order valence-corrected chi connectivity index (χ3v) is 13.0. The van der Waals surface area contributed by atoms with Gasteiger partial charge in [-0.2, -0.15) is 0 Å². The zero-order valence-corrected chi connectivity index (χ0v) is 51.3. The Labute approximate surface area is 494 Å². The highest BCUT2D eigenvalue weighted by molar-refractivity contribution is 7.47. The molecule has 452 valence electrons. The van der Waals surface area contributed by atoms with Crippen molar-refractivity contribution in [3.63, 3.8) is 0 Å². The minimum atomic E-state index is -4.42. The lowest BCUT2D eigenvalue weighted by Gasteiger charge is -2.19. The molecule has 0 radical (unpaired) electrons.